The largest absolute Gasteiger partial charge is 0.384 e. The minimum atomic E-state index is -0.195. The van der Waals surface area contributed by atoms with Crippen LogP contribution in [-0.4, -0.2) is 39.3 Å². The van der Waals surface area contributed by atoms with Crippen LogP contribution in [0.2, 0.25) is 0 Å². The Labute approximate surface area is 178 Å². The van der Waals surface area contributed by atoms with Crippen molar-refractivity contribution in [2.75, 3.05) is 18.5 Å². The summed E-state index contributed by atoms with van der Waals surface area (Å²) in [6.07, 6.45) is 4.20. The lowest BCUT2D eigenvalue weighted by Gasteiger charge is -2.14. The normalized spacial score (nSPS) is 11.7. The molecule has 3 heterocycles. The first-order chi connectivity index (χ1) is 14.7. The molecule has 0 saturated heterocycles. The standard InChI is InChI=1S/C23H21N5OS/c24-19(13-16-5-2-1-3-6-16)14-26-23-21-20(18(15-30-21)7-4-12-29)27-22(28-23)17-8-10-25-11-9-17/h1-3,5-6,8-11,15,19,29H,12-14,24H2,(H,26,27,28). The third-order valence-corrected chi connectivity index (χ3v) is 5.50. The molecule has 0 aliphatic rings. The number of aromatic nitrogens is 3. The minimum Gasteiger partial charge on any atom is -0.384 e. The molecule has 0 aliphatic heterocycles. The Bertz CT molecular complexity index is 1180. The summed E-state index contributed by atoms with van der Waals surface area (Å²) in [6, 6.07) is 13.9. The molecule has 0 saturated carbocycles. The fourth-order valence-electron chi connectivity index (χ4n) is 3.11. The van der Waals surface area contributed by atoms with Gasteiger partial charge in [-0.2, -0.15) is 0 Å². The first kappa shape index (κ1) is 20.0. The summed E-state index contributed by atoms with van der Waals surface area (Å²) in [6.45, 7) is 0.380. The molecule has 1 atom stereocenters. The van der Waals surface area contributed by atoms with Crippen molar-refractivity contribution in [3.63, 3.8) is 0 Å². The van der Waals surface area contributed by atoms with E-state index in [1.165, 1.54) is 16.9 Å². The van der Waals surface area contributed by atoms with Crippen LogP contribution in [0.1, 0.15) is 11.1 Å². The van der Waals surface area contributed by atoms with E-state index < -0.39 is 0 Å². The van der Waals surface area contributed by atoms with Crippen LogP contribution in [0.25, 0.3) is 21.6 Å². The van der Waals surface area contributed by atoms with Crippen LogP contribution in [0.4, 0.5) is 5.82 Å². The Morgan fingerprint density at radius 2 is 1.90 bits per heavy atom. The monoisotopic (exact) mass is 415 g/mol. The Balaban J connectivity index is 1.64. The van der Waals surface area contributed by atoms with Crippen molar-refractivity contribution in [2.45, 2.75) is 12.5 Å². The topological polar surface area (TPSA) is 97.0 Å². The molecule has 4 N–H and O–H groups in total. The van der Waals surface area contributed by atoms with Crippen LogP contribution in [0.15, 0.2) is 60.2 Å². The summed E-state index contributed by atoms with van der Waals surface area (Å²) in [5.74, 6) is 7.00. The van der Waals surface area contributed by atoms with E-state index in [9.17, 15) is 0 Å². The molecule has 0 amide bonds. The number of nitrogens with zero attached hydrogens (tertiary/aromatic N) is 3. The minimum absolute atomic E-state index is 0.0598. The number of nitrogens with two attached hydrogens (primary N) is 1. The average Bonchev–Trinajstić information content (AvgIpc) is 3.20. The summed E-state index contributed by atoms with van der Waals surface area (Å²) < 4.78 is 0.918. The third-order valence-electron chi connectivity index (χ3n) is 4.53. The lowest BCUT2D eigenvalue weighted by molar-refractivity contribution is 0.350. The molecule has 4 rings (SSSR count). The van der Waals surface area contributed by atoms with Crippen molar-refractivity contribution in [3.8, 4) is 23.2 Å². The number of benzene rings is 1. The lowest BCUT2D eigenvalue weighted by Crippen LogP contribution is -2.31. The van der Waals surface area contributed by atoms with Gasteiger partial charge in [0.1, 0.15) is 17.9 Å². The number of thiophene rings is 1. The summed E-state index contributed by atoms with van der Waals surface area (Å²) in [5.41, 5.74) is 9.97. The zero-order chi connectivity index (χ0) is 20.8. The average molecular weight is 416 g/mol. The first-order valence-electron chi connectivity index (χ1n) is 9.57. The van der Waals surface area contributed by atoms with Crippen LogP contribution >= 0.6 is 11.3 Å². The quantitative estimate of drug-likeness (QED) is 0.419. The Kier molecular flexibility index (Phi) is 6.30. The Morgan fingerprint density at radius 3 is 2.67 bits per heavy atom. The van der Waals surface area contributed by atoms with Gasteiger partial charge in [0.25, 0.3) is 0 Å². The zero-order valence-electron chi connectivity index (χ0n) is 16.2. The van der Waals surface area contributed by atoms with Gasteiger partial charge in [0.2, 0.25) is 0 Å². The number of aliphatic hydroxyl groups excluding tert-OH is 1. The molecule has 0 spiro atoms. The van der Waals surface area contributed by atoms with Crippen molar-refractivity contribution in [2.24, 2.45) is 5.73 Å². The van der Waals surface area contributed by atoms with Gasteiger partial charge in [0.05, 0.1) is 10.3 Å². The highest BCUT2D eigenvalue weighted by molar-refractivity contribution is 7.18. The highest BCUT2D eigenvalue weighted by Crippen LogP contribution is 2.32. The molecule has 4 aromatic rings. The molecule has 150 valence electrons. The molecule has 3 aromatic heterocycles. The van der Waals surface area contributed by atoms with Gasteiger partial charge in [-0.25, -0.2) is 9.97 Å². The molecule has 0 bridgehead atoms. The van der Waals surface area contributed by atoms with Gasteiger partial charge in [0, 0.05) is 35.9 Å². The number of hydrogen-bond donors (Lipinski definition) is 3. The fourth-order valence-corrected chi connectivity index (χ4v) is 4.01. The zero-order valence-corrected chi connectivity index (χ0v) is 17.1. The van der Waals surface area contributed by atoms with E-state index in [-0.39, 0.29) is 12.6 Å². The number of rotatable bonds is 6. The maximum atomic E-state index is 9.05. The smallest absolute Gasteiger partial charge is 0.162 e. The van der Waals surface area contributed by atoms with Gasteiger partial charge >= 0.3 is 0 Å². The molecule has 0 aliphatic carbocycles. The maximum absolute atomic E-state index is 9.05. The van der Waals surface area contributed by atoms with E-state index in [4.69, 9.17) is 20.8 Å². The van der Waals surface area contributed by atoms with Gasteiger partial charge in [-0.1, -0.05) is 42.2 Å². The van der Waals surface area contributed by atoms with Crippen molar-refractivity contribution in [1.82, 2.24) is 15.0 Å². The van der Waals surface area contributed by atoms with E-state index in [1.54, 1.807) is 12.4 Å². The highest BCUT2D eigenvalue weighted by atomic mass is 32.1. The van der Waals surface area contributed by atoms with Gasteiger partial charge in [-0.15, -0.1) is 11.3 Å². The van der Waals surface area contributed by atoms with Gasteiger partial charge in [-0.05, 0) is 24.1 Å². The second-order valence-corrected chi connectivity index (χ2v) is 7.63. The van der Waals surface area contributed by atoms with Gasteiger partial charge in [-0.3, -0.25) is 4.98 Å². The van der Waals surface area contributed by atoms with Gasteiger partial charge < -0.3 is 16.2 Å². The molecule has 30 heavy (non-hydrogen) atoms. The summed E-state index contributed by atoms with van der Waals surface area (Å²) >= 11 is 1.53. The summed E-state index contributed by atoms with van der Waals surface area (Å²) in [5, 5.41) is 14.4. The molecule has 0 radical (unpaired) electrons. The van der Waals surface area contributed by atoms with E-state index in [0.29, 0.717) is 12.4 Å². The van der Waals surface area contributed by atoms with E-state index in [2.05, 4.69) is 34.3 Å². The third kappa shape index (κ3) is 4.63. The van der Waals surface area contributed by atoms with E-state index in [1.807, 2.05) is 35.7 Å². The van der Waals surface area contributed by atoms with E-state index in [0.717, 1.165) is 33.6 Å². The first-order valence-corrected chi connectivity index (χ1v) is 10.5. The molecule has 0 fully saturated rings. The molecule has 6 nitrogen and oxygen atoms in total. The number of aliphatic hydroxyl groups is 1. The van der Waals surface area contributed by atoms with Crippen molar-refractivity contribution >= 4 is 27.4 Å². The predicted molar refractivity (Wildman–Crippen MR) is 121 cm³/mol. The molecular weight excluding hydrogens is 394 g/mol. The number of anilines is 1. The van der Waals surface area contributed by atoms with E-state index >= 15 is 0 Å². The summed E-state index contributed by atoms with van der Waals surface area (Å²) in [4.78, 5) is 13.5. The second kappa shape index (κ2) is 9.46. The number of pyridine rings is 1. The van der Waals surface area contributed by atoms with Crippen molar-refractivity contribution in [3.05, 3.63) is 71.4 Å². The number of fused-ring (bicyclic) bond motifs is 1. The SMILES string of the molecule is NC(CNc1nc(-c2ccncc2)nc2c(C#CCO)csc12)Cc1ccccc1. The number of nitrogens with one attached hydrogen (secondary N) is 1. The molecule has 7 heteroatoms. The van der Waals surface area contributed by atoms with Crippen LogP contribution in [-0.2, 0) is 6.42 Å². The van der Waals surface area contributed by atoms with Crippen LogP contribution in [0.5, 0.6) is 0 Å². The second-order valence-electron chi connectivity index (χ2n) is 6.75. The van der Waals surface area contributed by atoms with Crippen LogP contribution in [0, 0.1) is 11.8 Å². The van der Waals surface area contributed by atoms with Crippen molar-refractivity contribution in [1.29, 1.82) is 0 Å². The highest BCUT2D eigenvalue weighted by Gasteiger charge is 2.15. The van der Waals surface area contributed by atoms with Gasteiger partial charge in [0.15, 0.2) is 5.82 Å². The molecular formula is C23H21N5OS. The maximum Gasteiger partial charge on any atom is 0.162 e. The lowest BCUT2D eigenvalue weighted by atomic mass is 10.1. The predicted octanol–water partition coefficient (Wildman–Crippen LogP) is 3.08. The number of hydrogen-bond acceptors (Lipinski definition) is 7. The van der Waals surface area contributed by atoms with Crippen LogP contribution in [0.3, 0.4) is 0 Å². The Hall–Kier alpha value is -3.31. The summed E-state index contributed by atoms with van der Waals surface area (Å²) in [7, 11) is 0. The Morgan fingerprint density at radius 1 is 1.10 bits per heavy atom. The van der Waals surface area contributed by atoms with Crippen LogP contribution < -0.4 is 11.1 Å². The molecule has 1 unspecified atom stereocenters. The fraction of sp³-hybridized carbons (Fsp3) is 0.174. The molecule has 1 aromatic carbocycles. The van der Waals surface area contributed by atoms with Crippen molar-refractivity contribution < 1.29 is 5.11 Å².